The molecule has 2 unspecified atom stereocenters. The quantitative estimate of drug-likeness (QED) is 0.814. The molecular formula is C11H20N4O. The molecule has 0 aromatic carbocycles. The van der Waals surface area contributed by atoms with Gasteiger partial charge in [-0.05, 0) is 12.8 Å². The molecule has 0 radical (unpaired) electrons. The van der Waals surface area contributed by atoms with E-state index in [4.69, 9.17) is 10.5 Å². The Hall–Kier alpha value is -0.940. The Labute approximate surface area is 96.0 Å². The molecule has 1 fully saturated rings. The fraction of sp³-hybridized carbons (Fsp3) is 0.818. The van der Waals surface area contributed by atoms with Crippen molar-refractivity contribution in [3.8, 4) is 0 Å². The van der Waals surface area contributed by atoms with Gasteiger partial charge in [0.05, 0.1) is 18.6 Å². The topological polar surface area (TPSA) is 66.0 Å². The van der Waals surface area contributed by atoms with E-state index in [1.165, 1.54) is 0 Å². The first-order chi connectivity index (χ1) is 7.54. The van der Waals surface area contributed by atoms with Gasteiger partial charge in [0, 0.05) is 12.6 Å². The van der Waals surface area contributed by atoms with Crippen LogP contribution in [0.4, 0.5) is 0 Å². The van der Waals surface area contributed by atoms with E-state index in [9.17, 15) is 0 Å². The fourth-order valence-corrected chi connectivity index (χ4v) is 2.14. The Morgan fingerprint density at radius 3 is 3.00 bits per heavy atom. The van der Waals surface area contributed by atoms with Gasteiger partial charge in [0.2, 0.25) is 0 Å². The molecule has 0 spiro atoms. The van der Waals surface area contributed by atoms with Gasteiger partial charge in [-0.15, -0.1) is 10.2 Å². The molecule has 90 valence electrons. The third-order valence-corrected chi connectivity index (χ3v) is 3.21. The second-order valence-electron chi connectivity index (χ2n) is 5.24. The summed E-state index contributed by atoms with van der Waals surface area (Å²) in [5.74, 6) is 1.52. The van der Waals surface area contributed by atoms with Gasteiger partial charge in [-0.25, -0.2) is 0 Å². The van der Waals surface area contributed by atoms with Gasteiger partial charge in [0.25, 0.3) is 0 Å². The lowest BCUT2D eigenvalue weighted by atomic mass is 9.85. The number of rotatable bonds is 3. The van der Waals surface area contributed by atoms with Crippen LogP contribution in [0, 0.1) is 5.92 Å². The SMILES string of the molecule is CC(C)Cn1cnnc1C1(C)COCC1N. The molecule has 5 nitrogen and oxygen atoms in total. The number of hydrogen-bond donors (Lipinski definition) is 1. The van der Waals surface area contributed by atoms with Crippen LogP contribution in [-0.4, -0.2) is 34.0 Å². The van der Waals surface area contributed by atoms with Crippen molar-refractivity contribution in [1.82, 2.24) is 14.8 Å². The van der Waals surface area contributed by atoms with Crippen LogP contribution in [0.3, 0.4) is 0 Å². The molecule has 2 atom stereocenters. The van der Waals surface area contributed by atoms with Crippen molar-refractivity contribution in [3.63, 3.8) is 0 Å². The van der Waals surface area contributed by atoms with Gasteiger partial charge in [-0.1, -0.05) is 13.8 Å². The summed E-state index contributed by atoms with van der Waals surface area (Å²) in [5, 5.41) is 8.23. The molecule has 2 heterocycles. The third kappa shape index (κ3) is 1.85. The predicted molar refractivity (Wildman–Crippen MR) is 61.0 cm³/mol. The maximum atomic E-state index is 6.10. The molecule has 5 heteroatoms. The monoisotopic (exact) mass is 224 g/mol. The first-order valence-corrected chi connectivity index (χ1v) is 5.75. The summed E-state index contributed by atoms with van der Waals surface area (Å²) in [6.07, 6.45) is 1.78. The highest BCUT2D eigenvalue weighted by molar-refractivity contribution is 5.14. The zero-order chi connectivity index (χ0) is 11.8. The van der Waals surface area contributed by atoms with Gasteiger partial charge in [0.1, 0.15) is 12.2 Å². The number of aromatic nitrogens is 3. The van der Waals surface area contributed by atoms with Crippen LogP contribution in [-0.2, 0) is 16.7 Å². The first-order valence-electron chi connectivity index (χ1n) is 5.75. The Bertz CT molecular complexity index is 363. The van der Waals surface area contributed by atoms with E-state index in [2.05, 4.69) is 35.5 Å². The number of nitrogens with zero attached hydrogens (tertiary/aromatic N) is 3. The van der Waals surface area contributed by atoms with Crippen LogP contribution in [0.25, 0.3) is 0 Å². The lowest BCUT2D eigenvalue weighted by Gasteiger charge is -2.26. The average molecular weight is 224 g/mol. The zero-order valence-electron chi connectivity index (χ0n) is 10.2. The first kappa shape index (κ1) is 11.5. The summed E-state index contributed by atoms with van der Waals surface area (Å²) >= 11 is 0. The van der Waals surface area contributed by atoms with Gasteiger partial charge >= 0.3 is 0 Å². The van der Waals surface area contributed by atoms with Crippen molar-refractivity contribution < 1.29 is 4.74 Å². The van der Waals surface area contributed by atoms with Crippen molar-refractivity contribution in [1.29, 1.82) is 0 Å². The maximum Gasteiger partial charge on any atom is 0.142 e. The summed E-state index contributed by atoms with van der Waals surface area (Å²) in [7, 11) is 0. The van der Waals surface area contributed by atoms with E-state index in [-0.39, 0.29) is 11.5 Å². The van der Waals surface area contributed by atoms with Crippen molar-refractivity contribution in [2.45, 2.75) is 38.8 Å². The molecule has 1 aliphatic heterocycles. The van der Waals surface area contributed by atoms with Gasteiger partial charge in [-0.3, -0.25) is 0 Å². The summed E-state index contributed by atoms with van der Waals surface area (Å²) < 4.78 is 7.55. The van der Waals surface area contributed by atoms with Gasteiger partial charge in [-0.2, -0.15) is 0 Å². The number of nitrogens with two attached hydrogens (primary N) is 1. The summed E-state index contributed by atoms with van der Waals surface area (Å²) in [6, 6.07) is 0.00242. The summed E-state index contributed by atoms with van der Waals surface area (Å²) in [5.41, 5.74) is 5.90. The number of hydrogen-bond acceptors (Lipinski definition) is 4. The van der Waals surface area contributed by atoms with Crippen LogP contribution in [0.2, 0.25) is 0 Å². The molecule has 0 aliphatic carbocycles. The highest BCUT2D eigenvalue weighted by atomic mass is 16.5. The summed E-state index contributed by atoms with van der Waals surface area (Å²) in [4.78, 5) is 0. The molecule has 0 bridgehead atoms. The molecule has 2 rings (SSSR count). The average Bonchev–Trinajstić information content (AvgIpc) is 2.75. The fourth-order valence-electron chi connectivity index (χ4n) is 2.14. The third-order valence-electron chi connectivity index (χ3n) is 3.21. The molecule has 0 amide bonds. The van der Waals surface area contributed by atoms with Crippen LogP contribution < -0.4 is 5.73 Å². The van der Waals surface area contributed by atoms with Crippen molar-refractivity contribution in [3.05, 3.63) is 12.2 Å². The lowest BCUT2D eigenvalue weighted by molar-refractivity contribution is 0.177. The van der Waals surface area contributed by atoms with Crippen molar-refractivity contribution in [2.24, 2.45) is 11.7 Å². The second kappa shape index (κ2) is 4.14. The van der Waals surface area contributed by atoms with Crippen molar-refractivity contribution >= 4 is 0 Å². The molecular weight excluding hydrogens is 204 g/mol. The standard InChI is InChI=1S/C11H20N4O/c1-8(2)4-15-7-13-14-10(15)11(3)6-16-5-9(11)12/h7-9H,4-6,12H2,1-3H3. The van der Waals surface area contributed by atoms with E-state index in [1.807, 2.05) is 0 Å². The van der Waals surface area contributed by atoms with Gasteiger partial charge in [0.15, 0.2) is 0 Å². The lowest BCUT2D eigenvalue weighted by Crippen LogP contribution is -2.44. The predicted octanol–water partition coefficient (Wildman–Crippen LogP) is 0.549. The van der Waals surface area contributed by atoms with E-state index in [0.717, 1.165) is 12.4 Å². The minimum Gasteiger partial charge on any atom is -0.379 e. The molecule has 0 saturated carbocycles. The Kier molecular flexibility index (Phi) is 2.99. The van der Waals surface area contributed by atoms with Crippen LogP contribution in [0.1, 0.15) is 26.6 Å². The molecule has 1 aromatic heterocycles. The molecule has 2 N–H and O–H groups in total. The van der Waals surface area contributed by atoms with E-state index in [0.29, 0.717) is 19.1 Å². The largest absolute Gasteiger partial charge is 0.379 e. The molecule has 1 aromatic rings. The smallest absolute Gasteiger partial charge is 0.142 e. The van der Waals surface area contributed by atoms with Crippen LogP contribution in [0.5, 0.6) is 0 Å². The van der Waals surface area contributed by atoms with E-state index in [1.54, 1.807) is 6.33 Å². The Morgan fingerprint density at radius 1 is 1.69 bits per heavy atom. The van der Waals surface area contributed by atoms with E-state index >= 15 is 0 Å². The highest BCUT2D eigenvalue weighted by Gasteiger charge is 2.43. The van der Waals surface area contributed by atoms with Crippen LogP contribution in [0.15, 0.2) is 6.33 Å². The summed E-state index contributed by atoms with van der Waals surface area (Å²) in [6.45, 7) is 8.61. The zero-order valence-corrected chi connectivity index (χ0v) is 10.2. The maximum absolute atomic E-state index is 6.10. The minimum atomic E-state index is -0.203. The highest BCUT2D eigenvalue weighted by Crippen LogP contribution is 2.30. The van der Waals surface area contributed by atoms with Crippen LogP contribution >= 0.6 is 0 Å². The Balaban J connectivity index is 2.29. The van der Waals surface area contributed by atoms with Crippen molar-refractivity contribution in [2.75, 3.05) is 13.2 Å². The molecule has 1 saturated heterocycles. The molecule has 1 aliphatic rings. The Morgan fingerprint density at radius 2 is 2.44 bits per heavy atom. The van der Waals surface area contributed by atoms with E-state index < -0.39 is 0 Å². The number of ether oxygens (including phenoxy) is 1. The minimum absolute atomic E-state index is 0.00242. The normalized spacial score (nSPS) is 30.2. The molecule has 16 heavy (non-hydrogen) atoms. The second-order valence-corrected chi connectivity index (χ2v) is 5.24. The van der Waals surface area contributed by atoms with Gasteiger partial charge < -0.3 is 15.0 Å².